The lowest BCUT2D eigenvalue weighted by Gasteiger charge is -2.21. The van der Waals surface area contributed by atoms with Gasteiger partial charge >= 0.3 is 0 Å². The van der Waals surface area contributed by atoms with E-state index in [0.717, 1.165) is 36.0 Å². The highest BCUT2D eigenvalue weighted by Crippen LogP contribution is 2.38. The Bertz CT molecular complexity index is 640. The topological polar surface area (TPSA) is 47.7 Å². The number of ether oxygens (including phenoxy) is 2. The molecule has 1 aliphatic rings. The Morgan fingerprint density at radius 2 is 1.90 bits per heavy atom. The van der Waals surface area contributed by atoms with Gasteiger partial charge in [0.15, 0.2) is 0 Å². The average Bonchev–Trinajstić information content (AvgIpc) is 2.92. The fourth-order valence-electron chi connectivity index (χ4n) is 2.66. The number of nitrogen functional groups attached to an aromatic ring is 1. The summed E-state index contributed by atoms with van der Waals surface area (Å²) >= 11 is 0. The van der Waals surface area contributed by atoms with Crippen LogP contribution in [-0.4, -0.2) is 14.2 Å². The molecule has 0 saturated heterocycles. The maximum absolute atomic E-state index is 6.05. The third kappa shape index (κ3) is 2.03. The maximum atomic E-state index is 6.05. The molecule has 4 nitrogen and oxygen atoms in total. The summed E-state index contributed by atoms with van der Waals surface area (Å²) in [6.07, 6.45) is 0. The number of benzene rings is 2. The standard InChI is InChI=1S/C16H18N2O2/c1-19-12-6-7-15(16(8-12)20-2)18-9-11-4-3-5-14(17)13(11)10-18/h3-8H,9-10,17H2,1-2H3. The van der Waals surface area contributed by atoms with Crippen molar-refractivity contribution < 1.29 is 9.47 Å². The highest BCUT2D eigenvalue weighted by molar-refractivity contribution is 5.65. The van der Waals surface area contributed by atoms with E-state index >= 15 is 0 Å². The number of fused-ring (bicyclic) bond motifs is 1. The summed E-state index contributed by atoms with van der Waals surface area (Å²) in [7, 11) is 3.33. The lowest BCUT2D eigenvalue weighted by Crippen LogP contribution is -2.15. The van der Waals surface area contributed by atoms with E-state index in [4.69, 9.17) is 15.2 Å². The molecule has 104 valence electrons. The van der Waals surface area contributed by atoms with E-state index in [1.807, 2.05) is 30.3 Å². The minimum atomic E-state index is 0.793. The average molecular weight is 270 g/mol. The predicted octanol–water partition coefficient (Wildman–Crippen LogP) is 2.81. The summed E-state index contributed by atoms with van der Waals surface area (Å²) in [5.41, 5.74) is 10.5. The molecule has 0 radical (unpaired) electrons. The van der Waals surface area contributed by atoms with Crippen molar-refractivity contribution in [3.8, 4) is 11.5 Å². The van der Waals surface area contributed by atoms with Crippen molar-refractivity contribution in [1.29, 1.82) is 0 Å². The van der Waals surface area contributed by atoms with Crippen molar-refractivity contribution in [3.05, 3.63) is 47.5 Å². The highest BCUT2D eigenvalue weighted by Gasteiger charge is 2.23. The second-order valence-electron chi connectivity index (χ2n) is 4.88. The Labute approximate surface area is 118 Å². The van der Waals surface area contributed by atoms with Crippen molar-refractivity contribution in [2.45, 2.75) is 13.1 Å². The Morgan fingerprint density at radius 1 is 1.05 bits per heavy atom. The number of hydrogen-bond acceptors (Lipinski definition) is 4. The second-order valence-corrected chi connectivity index (χ2v) is 4.88. The molecule has 0 bridgehead atoms. The largest absolute Gasteiger partial charge is 0.497 e. The lowest BCUT2D eigenvalue weighted by atomic mass is 10.1. The van der Waals surface area contributed by atoms with Crippen LogP contribution in [0.5, 0.6) is 11.5 Å². The van der Waals surface area contributed by atoms with E-state index in [-0.39, 0.29) is 0 Å². The molecule has 0 fully saturated rings. The summed E-state index contributed by atoms with van der Waals surface area (Å²) in [6, 6.07) is 12.0. The number of methoxy groups -OCH3 is 2. The fourth-order valence-corrected chi connectivity index (χ4v) is 2.66. The number of nitrogens with two attached hydrogens (primary N) is 1. The molecule has 20 heavy (non-hydrogen) atoms. The molecule has 0 aliphatic carbocycles. The highest BCUT2D eigenvalue weighted by atomic mass is 16.5. The van der Waals surface area contributed by atoms with Gasteiger partial charge in [0.2, 0.25) is 0 Å². The van der Waals surface area contributed by atoms with E-state index in [9.17, 15) is 0 Å². The smallest absolute Gasteiger partial charge is 0.145 e. The zero-order valence-electron chi connectivity index (χ0n) is 11.7. The lowest BCUT2D eigenvalue weighted by molar-refractivity contribution is 0.394. The van der Waals surface area contributed by atoms with Crippen LogP contribution in [-0.2, 0) is 13.1 Å². The normalized spacial score (nSPS) is 13.2. The van der Waals surface area contributed by atoms with E-state index in [1.165, 1.54) is 11.1 Å². The van der Waals surface area contributed by atoms with Crippen LogP contribution in [0.25, 0.3) is 0 Å². The van der Waals surface area contributed by atoms with Crippen LogP contribution in [0.4, 0.5) is 11.4 Å². The molecule has 0 spiro atoms. The Balaban J connectivity index is 1.95. The van der Waals surface area contributed by atoms with Crippen molar-refractivity contribution >= 4 is 11.4 Å². The van der Waals surface area contributed by atoms with E-state index in [0.29, 0.717) is 0 Å². The summed E-state index contributed by atoms with van der Waals surface area (Å²) in [4.78, 5) is 2.26. The number of rotatable bonds is 3. The zero-order valence-corrected chi connectivity index (χ0v) is 11.7. The van der Waals surface area contributed by atoms with Crippen LogP contribution in [0.15, 0.2) is 36.4 Å². The van der Waals surface area contributed by atoms with Gasteiger partial charge in [0.05, 0.1) is 19.9 Å². The monoisotopic (exact) mass is 270 g/mol. The number of nitrogens with zero attached hydrogens (tertiary/aromatic N) is 1. The summed E-state index contributed by atoms with van der Waals surface area (Å²) < 4.78 is 10.7. The van der Waals surface area contributed by atoms with Gasteiger partial charge in [-0.25, -0.2) is 0 Å². The molecule has 0 aromatic heterocycles. The number of hydrogen-bond donors (Lipinski definition) is 1. The molecular weight excluding hydrogens is 252 g/mol. The summed E-state index contributed by atoms with van der Waals surface area (Å²) in [5.74, 6) is 1.61. The van der Waals surface area contributed by atoms with Gasteiger partial charge in [-0.05, 0) is 29.3 Å². The maximum Gasteiger partial charge on any atom is 0.145 e. The minimum absolute atomic E-state index is 0.793. The van der Waals surface area contributed by atoms with Crippen LogP contribution in [0.2, 0.25) is 0 Å². The molecular formula is C16H18N2O2. The Morgan fingerprint density at radius 3 is 2.60 bits per heavy atom. The number of anilines is 2. The fraction of sp³-hybridized carbons (Fsp3) is 0.250. The van der Waals surface area contributed by atoms with Crippen LogP contribution >= 0.6 is 0 Å². The van der Waals surface area contributed by atoms with Gasteiger partial charge in [0.25, 0.3) is 0 Å². The first-order chi connectivity index (χ1) is 9.72. The second kappa shape index (κ2) is 4.96. The van der Waals surface area contributed by atoms with Gasteiger partial charge in [0, 0.05) is 24.8 Å². The van der Waals surface area contributed by atoms with Gasteiger partial charge < -0.3 is 20.1 Å². The molecule has 2 aromatic rings. The quantitative estimate of drug-likeness (QED) is 0.871. The Kier molecular flexibility index (Phi) is 3.14. The molecule has 4 heteroatoms. The molecule has 2 aromatic carbocycles. The van der Waals surface area contributed by atoms with Gasteiger partial charge in [-0.15, -0.1) is 0 Å². The van der Waals surface area contributed by atoms with Gasteiger partial charge in [0.1, 0.15) is 11.5 Å². The minimum Gasteiger partial charge on any atom is -0.497 e. The molecule has 0 amide bonds. The predicted molar refractivity (Wildman–Crippen MR) is 80.3 cm³/mol. The first kappa shape index (κ1) is 12.7. The Hall–Kier alpha value is -2.36. The first-order valence-corrected chi connectivity index (χ1v) is 6.56. The van der Waals surface area contributed by atoms with Crippen molar-refractivity contribution in [3.63, 3.8) is 0 Å². The van der Waals surface area contributed by atoms with Gasteiger partial charge in [-0.3, -0.25) is 0 Å². The molecule has 0 unspecified atom stereocenters. The molecule has 0 saturated carbocycles. The van der Waals surface area contributed by atoms with Crippen LogP contribution < -0.4 is 20.1 Å². The summed E-state index contributed by atoms with van der Waals surface area (Å²) in [6.45, 7) is 1.66. The van der Waals surface area contributed by atoms with E-state index in [1.54, 1.807) is 14.2 Å². The van der Waals surface area contributed by atoms with E-state index in [2.05, 4.69) is 11.0 Å². The SMILES string of the molecule is COc1ccc(N2Cc3cccc(N)c3C2)c(OC)c1. The van der Waals surface area contributed by atoms with Crippen LogP contribution in [0.3, 0.4) is 0 Å². The molecule has 1 heterocycles. The van der Waals surface area contributed by atoms with Gasteiger partial charge in [-0.1, -0.05) is 12.1 Å². The summed E-state index contributed by atoms with van der Waals surface area (Å²) in [5, 5.41) is 0. The molecule has 3 rings (SSSR count). The molecule has 1 aliphatic heterocycles. The van der Waals surface area contributed by atoms with Crippen LogP contribution in [0.1, 0.15) is 11.1 Å². The first-order valence-electron chi connectivity index (χ1n) is 6.56. The third-order valence-corrected chi connectivity index (χ3v) is 3.75. The van der Waals surface area contributed by atoms with Crippen molar-refractivity contribution in [2.75, 3.05) is 24.9 Å². The van der Waals surface area contributed by atoms with Crippen molar-refractivity contribution in [2.24, 2.45) is 0 Å². The van der Waals surface area contributed by atoms with Gasteiger partial charge in [-0.2, -0.15) is 0 Å². The zero-order chi connectivity index (χ0) is 14.1. The molecule has 2 N–H and O–H groups in total. The van der Waals surface area contributed by atoms with Crippen LogP contribution in [0, 0.1) is 0 Å². The third-order valence-electron chi connectivity index (χ3n) is 3.75. The molecule has 0 atom stereocenters. The van der Waals surface area contributed by atoms with Crippen molar-refractivity contribution in [1.82, 2.24) is 0 Å². The van der Waals surface area contributed by atoms with E-state index < -0.39 is 0 Å².